The van der Waals surface area contributed by atoms with Crippen LogP contribution in [-0.4, -0.2) is 46.2 Å². The van der Waals surface area contributed by atoms with Gasteiger partial charge in [-0.05, 0) is 68.1 Å². The summed E-state index contributed by atoms with van der Waals surface area (Å²) in [4.78, 5) is 26.4. The molecule has 0 aliphatic heterocycles. The number of alkyl halides is 6. The van der Waals surface area contributed by atoms with Gasteiger partial charge in [-0.2, -0.15) is 26.3 Å². The van der Waals surface area contributed by atoms with E-state index in [9.17, 15) is 46.1 Å². The number of carboxylic acids is 1. The summed E-state index contributed by atoms with van der Waals surface area (Å²) in [6.45, 7) is 17.9. The van der Waals surface area contributed by atoms with Crippen LogP contribution in [-0.2, 0) is 14.3 Å². The normalized spacial score (nSPS) is 20.9. The molecule has 0 aromatic rings. The van der Waals surface area contributed by atoms with Gasteiger partial charge in [0.1, 0.15) is 6.10 Å². The second-order valence-electron chi connectivity index (χ2n) is 15.3. The van der Waals surface area contributed by atoms with Crippen molar-refractivity contribution in [1.29, 1.82) is 0 Å². The Morgan fingerprint density at radius 2 is 1.24 bits per heavy atom. The zero-order valence-corrected chi connectivity index (χ0v) is 26.9. The topological polar surface area (TPSA) is 83.8 Å². The summed E-state index contributed by atoms with van der Waals surface area (Å²) < 4.78 is 87.7. The number of carbonyl (C=O) groups is 2. The quantitative estimate of drug-likeness (QED) is 0.169. The van der Waals surface area contributed by atoms with Crippen LogP contribution in [0.1, 0.15) is 121 Å². The van der Waals surface area contributed by atoms with Crippen molar-refractivity contribution in [3.63, 3.8) is 0 Å². The van der Waals surface area contributed by atoms with Crippen molar-refractivity contribution in [2.24, 2.45) is 39.4 Å². The fraction of sp³-hybridized carbons (Fsp3) is 0.935. The van der Waals surface area contributed by atoms with Gasteiger partial charge in [-0.15, -0.1) is 0 Å². The lowest BCUT2D eigenvalue weighted by atomic mass is 9.55. The van der Waals surface area contributed by atoms with Crippen molar-refractivity contribution >= 4 is 11.9 Å². The predicted molar refractivity (Wildman–Crippen MR) is 148 cm³/mol. The molecule has 4 unspecified atom stereocenters. The Labute approximate surface area is 247 Å². The first kappa shape index (κ1) is 38.5. The summed E-state index contributed by atoms with van der Waals surface area (Å²) in [7, 11) is 0. The third-order valence-corrected chi connectivity index (χ3v) is 9.95. The van der Waals surface area contributed by atoms with Crippen LogP contribution in [0.3, 0.4) is 0 Å². The number of ether oxygens (including phenoxy) is 1. The SMILES string of the molecule is CC(C)C(C)(CC(C)(C)C(C)C(C)(CC(C)(C)C)C(=O)O)C(=O)OC(CC(O)(C(F)(F)F)C(F)(F)F)C1CCCCC1. The molecule has 1 aliphatic rings. The van der Waals surface area contributed by atoms with Gasteiger partial charge >= 0.3 is 24.3 Å². The van der Waals surface area contributed by atoms with Crippen LogP contribution in [0, 0.1) is 39.4 Å². The molecular formula is C31H52F6O5. The van der Waals surface area contributed by atoms with Crippen LogP contribution >= 0.6 is 0 Å². The molecule has 0 aromatic heterocycles. The van der Waals surface area contributed by atoms with Crippen LogP contribution in [0.5, 0.6) is 0 Å². The van der Waals surface area contributed by atoms with Crippen LogP contribution in [0.2, 0.25) is 0 Å². The zero-order valence-electron chi connectivity index (χ0n) is 26.9. The first-order valence-corrected chi connectivity index (χ1v) is 14.9. The molecular weight excluding hydrogens is 566 g/mol. The molecule has 248 valence electrons. The maximum Gasteiger partial charge on any atom is 0.426 e. The summed E-state index contributed by atoms with van der Waals surface area (Å²) in [5.41, 5.74) is -8.75. The Morgan fingerprint density at radius 3 is 1.60 bits per heavy atom. The number of esters is 1. The smallest absolute Gasteiger partial charge is 0.426 e. The van der Waals surface area contributed by atoms with Crippen molar-refractivity contribution in [3.8, 4) is 0 Å². The largest absolute Gasteiger partial charge is 0.481 e. The molecule has 1 rings (SSSR count). The Bertz CT molecular complexity index is 916. The maximum atomic E-state index is 13.9. The molecule has 2 N–H and O–H groups in total. The summed E-state index contributed by atoms with van der Waals surface area (Å²) >= 11 is 0. The first-order valence-electron chi connectivity index (χ1n) is 14.9. The predicted octanol–water partition coefficient (Wildman–Crippen LogP) is 8.97. The molecule has 4 atom stereocenters. The fourth-order valence-corrected chi connectivity index (χ4v) is 6.76. The van der Waals surface area contributed by atoms with Crippen molar-refractivity contribution in [2.45, 2.75) is 145 Å². The third-order valence-electron chi connectivity index (χ3n) is 9.95. The molecule has 42 heavy (non-hydrogen) atoms. The van der Waals surface area contributed by atoms with Gasteiger partial charge in [0.25, 0.3) is 5.60 Å². The molecule has 1 fully saturated rings. The van der Waals surface area contributed by atoms with Crippen molar-refractivity contribution < 1.29 is 50.9 Å². The molecule has 1 aliphatic carbocycles. The lowest BCUT2D eigenvalue weighted by molar-refractivity contribution is -0.375. The van der Waals surface area contributed by atoms with E-state index in [4.69, 9.17) is 4.74 Å². The molecule has 0 amide bonds. The van der Waals surface area contributed by atoms with Crippen molar-refractivity contribution in [1.82, 2.24) is 0 Å². The van der Waals surface area contributed by atoms with Gasteiger partial charge in [-0.1, -0.05) is 74.7 Å². The van der Waals surface area contributed by atoms with E-state index >= 15 is 0 Å². The Hall–Kier alpha value is -1.52. The molecule has 0 bridgehead atoms. The average molecular weight is 619 g/mol. The Kier molecular flexibility index (Phi) is 11.8. The average Bonchev–Trinajstić information content (AvgIpc) is 2.80. The van der Waals surface area contributed by atoms with Crippen molar-refractivity contribution in [2.75, 3.05) is 0 Å². The molecule has 5 nitrogen and oxygen atoms in total. The van der Waals surface area contributed by atoms with Gasteiger partial charge < -0.3 is 14.9 Å². The number of hydrogen-bond acceptors (Lipinski definition) is 4. The zero-order chi connectivity index (χ0) is 33.3. The molecule has 0 radical (unpaired) electrons. The minimum Gasteiger partial charge on any atom is -0.481 e. The van der Waals surface area contributed by atoms with Gasteiger partial charge in [-0.3, -0.25) is 9.59 Å². The number of halogens is 6. The maximum absolute atomic E-state index is 13.9. The highest BCUT2D eigenvalue weighted by Crippen LogP contribution is 2.53. The number of aliphatic carboxylic acids is 1. The van der Waals surface area contributed by atoms with Gasteiger partial charge in [0, 0.05) is 6.42 Å². The van der Waals surface area contributed by atoms with E-state index in [0.29, 0.717) is 19.3 Å². The number of aliphatic hydroxyl groups is 1. The van der Waals surface area contributed by atoms with E-state index in [2.05, 4.69) is 0 Å². The lowest BCUT2D eigenvalue weighted by Gasteiger charge is -2.48. The van der Waals surface area contributed by atoms with E-state index in [1.54, 1.807) is 34.6 Å². The second-order valence-corrected chi connectivity index (χ2v) is 15.3. The molecule has 11 heteroatoms. The standard InChI is InChI=1S/C31H52F6O5/c1-19(2)27(9,18-26(7,8)20(3)28(10,23(38)39)17-25(4,5)6)24(40)42-22(21-14-12-11-13-15-21)16-29(41,30(32,33)34)31(35,36)37/h19-22,41H,11-18H2,1-10H3,(H,38,39). The van der Waals surface area contributed by atoms with E-state index in [0.717, 1.165) is 6.42 Å². The summed E-state index contributed by atoms with van der Waals surface area (Å²) in [5, 5.41) is 20.3. The minimum absolute atomic E-state index is 0.0743. The summed E-state index contributed by atoms with van der Waals surface area (Å²) in [6, 6.07) is 0. The van der Waals surface area contributed by atoms with E-state index in [1.165, 1.54) is 0 Å². The number of carbonyl (C=O) groups excluding carboxylic acids is 1. The monoisotopic (exact) mass is 618 g/mol. The molecule has 1 saturated carbocycles. The van der Waals surface area contributed by atoms with Crippen molar-refractivity contribution in [3.05, 3.63) is 0 Å². The second kappa shape index (κ2) is 12.8. The van der Waals surface area contributed by atoms with Crippen LogP contribution < -0.4 is 0 Å². The van der Waals surface area contributed by atoms with Crippen LogP contribution in [0.25, 0.3) is 0 Å². The first-order chi connectivity index (χ1) is 18.5. The number of hydrogen-bond donors (Lipinski definition) is 2. The fourth-order valence-electron chi connectivity index (χ4n) is 6.76. The van der Waals surface area contributed by atoms with E-state index < -0.39 is 76.4 Å². The lowest BCUT2D eigenvalue weighted by Crippen LogP contribution is -2.59. The highest BCUT2D eigenvalue weighted by Gasteiger charge is 2.71. The third kappa shape index (κ3) is 8.56. The van der Waals surface area contributed by atoms with E-state index in [-0.39, 0.29) is 24.7 Å². The number of carboxylic acid groups (broad SMARTS) is 1. The highest BCUT2D eigenvalue weighted by atomic mass is 19.4. The molecule has 0 spiro atoms. The van der Waals surface area contributed by atoms with Gasteiger partial charge in [0.2, 0.25) is 0 Å². The molecule has 0 heterocycles. The molecule has 0 saturated heterocycles. The van der Waals surface area contributed by atoms with Gasteiger partial charge in [-0.25, -0.2) is 0 Å². The Morgan fingerprint density at radius 1 is 0.786 bits per heavy atom. The van der Waals surface area contributed by atoms with Crippen LogP contribution in [0.15, 0.2) is 0 Å². The number of rotatable bonds is 12. The highest BCUT2D eigenvalue weighted by molar-refractivity contribution is 5.77. The Balaban J connectivity index is 3.51. The minimum atomic E-state index is -6.03. The van der Waals surface area contributed by atoms with Gasteiger partial charge in [0.05, 0.1) is 10.8 Å². The van der Waals surface area contributed by atoms with E-state index in [1.807, 2.05) is 34.6 Å². The summed E-state index contributed by atoms with van der Waals surface area (Å²) in [5.74, 6) is -3.66. The van der Waals surface area contributed by atoms with Gasteiger partial charge in [0.15, 0.2) is 0 Å². The van der Waals surface area contributed by atoms with Crippen LogP contribution in [0.4, 0.5) is 26.3 Å². The molecule has 0 aromatic carbocycles. The summed E-state index contributed by atoms with van der Waals surface area (Å²) in [6.07, 6.45) is -12.9.